The van der Waals surface area contributed by atoms with Gasteiger partial charge in [-0.05, 0) is 6.92 Å². The van der Waals surface area contributed by atoms with Crippen molar-refractivity contribution in [1.82, 2.24) is 0 Å². The first-order chi connectivity index (χ1) is 12.9. The maximum Gasteiger partial charge on any atom is 0.438 e. The molecule has 1 atom stereocenters. The molecule has 0 bridgehead atoms. The van der Waals surface area contributed by atoms with Gasteiger partial charge in [-0.25, -0.2) is 4.39 Å². The van der Waals surface area contributed by atoms with E-state index in [4.69, 9.17) is 0 Å². The molecule has 0 amide bonds. The topological polar surface area (TPSA) is 0 Å². The van der Waals surface area contributed by atoms with Crippen molar-refractivity contribution in [2.75, 3.05) is 0 Å². The molecule has 31 heavy (non-hydrogen) atoms. The molecule has 0 aromatic heterocycles. The van der Waals surface area contributed by atoms with Crippen LogP contribution in [-0.4, -0.2) is 57.5 Å². The smallest absolute Gasteiger partial charge is 0.216 e. The Kier molecular flexibility index (Phi) is 7.31. The van der Waals surface area contributed by atoms with E-state index in [-0.39, 0.29) is 29.5 Å². The zero-order valence-corrected chi connectivity index (χ0v) is 15.8. The van der Waals surface area contributed by atoms with Crippen LogP contribution in [0.5, 0.6) is 0 Å². The lowest BCUT2D eigenvalue weighted by Crippen LogP contribution is -2.78. The monoisotopic (exact) mass is 624 g/mol. The van der Waals surface area contributed by atoms with Crippen LogP contribution in [-0.2, 0) is 0 Å². The average Bonchev–Trinajstić information content (AvgIpc) is 2.50. The molecule has 0 heterocycles. The Morgan fingerprint density at radius 3 is 0.871 bits per heavy atom. The first kappa shape index (κ1) is 30.4. The molecule has 0 aliphatic carbocycles. The molecule has 0 aliphatic rings. The van der Waals surface area contributed by atoms with Gasteiger partial charge < -0.3 is 0 Å². The lowest BCUT2D eigenvalue weighted by molar-refractivity contribution is -0.472. The first-order valence-electron chi connectivity index (χ1n) is 6.67. The Hall–Kier alpha value is -0.600. The van der Waals surface area contributed by atoms with Crippen LogP contribution in [0.3, 0.4) is 0 Å². The van der Waals surface area contributed by atoms with Gasteiger partial charge in [0, 0.05) is 0 Å². The van der Waals surface area contributed by atoms with E-state index in [0.717, 1.165) is 0 Å². The summed E-state index contributed by atoms with van der Waals surface area (Å²) in [7, 11) is 0. The van der Waals surface area contributed by atoms with Gasteiger partial charge in [-0.15, -0.1) is 0 Å². The number of hydrogen-bond acceptors (Lipinski definition) is 0. The van der Waals surface area contributed by atoms with E-state index >= 15 is 0 Å². The van der Waals surface area contributed by atoms with Crippen molar-refractivity contribution in [2.45, 2.75) is 64.4 Å². The van der Waals surface area contributed by atoms with Gasteiger partial charge in [-0.1, -0.05) is 22.6 Å². The summed E-state index contributed by atoms with van der Waals surface area (Å²) in [6.07, 6.45) is -16.5. The summed E-state index contributed by atoms with van der Waals surface area (Å²) in [5.74, 6) is -49.4. The molecule has 0 rings (SSSR count). The van der Waals surface area contributed by atoms with Crippen molar-refractivity contribution in [3.05, 3.63) is 0 Å². The molecule has 0 spiro atoms. The lowest BCUT2D eigenvalue weighted by atomic mass is 9.83. The fraction of sp³-hybridized carbons (Fsp3) is 1.00. The molecule has 0 fully saturated rings. The second-order valence-corrected chi connectivity index (χ2v) is 7.63. The Labute approximate surface area is 171 Å². The summed E-state index contributed by atoms with van der Waals surface area (Å²) in [6.45, 7) is -0.116. The van der Waals surface area contributed by atoms with Crippen LogP contribution < -0.4 is 0 Å². The quantitative estimate of drug-likeness (QED) is 0.157. The number of hydrogen-bond donors (Lipinski definition) is 0. The Balaban J connectivity index is 7.11. The Morgan fingerprint density at radius 1 is 0.419 bits per heavy atom. The summed E-state index contributed by atoms with van der Waals surface area (Å²) >= 11 is 0.148. The lowest BCUT2D eigenvalue weighted by Gasteiger charge is -2.45. The number of halogens is 20. The van der Waals surface area contributed by atoms with Crippen molar-refractivity contribution < 1.29 is 83.4 Å². The van der Waals surface area contributed by atoms with E-state index in [2.05, 4.69) is 0 Å². The number of alkyl halides is 20. The molecule has 0 saturated carbocycles. The van der Waals surface area contributed by atoms with Gasteiger partial charge in [0.05, 0.1) is 3.92 Å². The maximum atomic E-state index is 13.4. The third kappa shape index (κ3) is 3.68. The highest BCUT2D eigenvalue weighted by Gasteiger charge is 2.98. The molecule has 0 nitrogen and oxygen atoms in total. The molecular formula is C11H4F19I. The number of rotatable bonds is 7. The van der Waals surface area contributed by atoms with Crippen LogP contribution in [0, 0.1) is 0 Å². The minimum atomic E-state index is -8.97. The highest BCUT2D eigenvalue weighted by Crippen LogP contribution is 2.66. The van der Waals surface area contributed by atoms with Gasteiger partial charge in [0.25, 0.3) is 0 Å². The van der Waals surface area contributed by atoms with Crippen LogP contribution in [0.2, 0.25) is 0 Å². The fourth-order valence-electron chi connectivity index (χ4n) is 1.78. The van der Waals surface area contributed by atoms with E-state index < -0.39 is 57.5 Å². The predicted octanol–water partition coefficient (Wildman–Crippen LogP) is 7.45. The molecule has 0 saturated heterocycles. The Bertz CT molecular complexity index is 639. The van der Waals surface area contributed by atoms with Crippen LogP contribution in [0.4, 0.5) is 83.4 Å². The predicted molar refractivity (Wildman–Crippen MR) is 69.1 cm³/mol. The third-order valence-electron chi connectivity index (χ3n) is 3.71. The standard InChI is InChI=1S/C11H4F19I/c1-2(31)3(12,13)5(15,16)7(19,20)9(23,24)8(21,22)6(17,18)4(14,10(25,26)27)11(28,29)30/h2H,1H3. The second-order valence-electron chi connectivity index (χ2n) is 5.76. The average molecular weight is 624 g/mol. The molecule has 0 radical (unpaired) electrons. The van der Waals surface area contributed by atoms with Gasteiger partial charge in [0.1, 0.15) is 0 Å². The van der Waals surface area contributed by atoms with Gasteiger partial charge in [0.15, 0.2) is 0 Å². The summed E-state index contributed by atoms with van der Waals surface area (Å²) in [4.78, 5) is 0. The summed E-state index contributed by atoms with van der Waals surface area (Å²) < 4.78 is 243. The second kappa shape index (κ2) is 7.45. The van der Waals surface area contributed by atoms with Crippen molar-refractivity contribution in [1.29, 1.82) is 0 Å². The van der Waals surface area contributed by atoms with Gasteiger partial charge in [-0.2, -0.15) is 79.0 Å². The van der Waals surface area contributed by atoms with Crippen LogP contribution in [0.25, 0.3) is 0 Å². The van der Waals surface area contributed by atoms with Crippen molar-refractivity contribution in [2.24, 2.45) is 0 Å². The van der Waals surface area contributed by atoms with Gasteiger partial charge in [-0.3, -0.25) is 0 Å². The largest absolute Gasteiger partial charge is 0.438 e. The summed E-state index contributed by atoms with van der Waals surface area (Å²) in [6, 6.07) is 0. The highest BCUT2D eigenvalue weighted by atomic mass is 127. The van der Waals surface area contributed by atoms with E-state index in [0.29, 0.717) is 0 Å². The van der Waals surface area contributed by atoms with Crippen LogP contribution in [0.15, 0.2) is 0 Å². The zero-order chi connectivity index (χ0) is 26.1. The van der Waals surface area contributed by atoms with E-state index in [1.165, 1.54) is 0 Å². The minimum Gasteiger partial charge on any atom is -0.216 e. The van der Waals surface area contributed by atoms with Gasteiger partial charge >= 0.3 is 53.6 Å². The molecule has 20 heteroatoms. The zero-order valence-electron chi connectivity index (χ0n) is 13.6. The summed E-state index contributed by atoms with van der Waals surface area (Å²) in [5.41, 5.74) is -8.70. The van der Waals surface area contributed by atoms with Crippen LogP contribution >= 0.6 is 22.6 Å². The SMILES string of the molecule is CC(I)C(F)(F)C(F)(F)C(F)(F)C(F)(F)C(F)(F)C(F)(F)C(F)(C(F)(F)F)C(F)(F)F. The normalized spacial score (nSPS) is 17.7. The minimum absolute atomic E-state index is 0.116. The molecule has 188 valence electrons. The van der Waals surface area contributed by atoms with Crippen molar-refractivity contribution in [3.8, 4) is 0 Å². The van der Waals surface area contributed by atoms with Crippen molar-refractivity contribution >= 4 is 22.6 Å². The van der Waals surface area contributed by atoms with E-state index in [9.17, 15) is 83.4 Å². The third-order valence-corrected chi connectivity index (χ3v) is 4.49. The van der Waals surface area contributed by atoms with Gasteiger partial charge in [0.2, 0.25) is 0 Å². The molecule has 0 aromatic rings. The Morgan fingerprint density at radius 2 is 0.645 bits per heavy atom. The molecule has 0 N–H and O–H groups in total. The summed E-state index contributed by atoms with van der Waals surface area (Å²) in [5, 5.41) is 0. The van der Waals surface area contributed by atoms with E-state index in [1.807, 2.05) is 0 Å². The maximum absolute atomic E-state index is 13.4. The molecule has 1 unspecified atom stereocenters. The highest BCUT2D eigenvalue weighted by molar-refractivity contribution is 14.1. The van der Waals surface area contributed by atoms with Crippen LogP contribution in [0.1, 0.15) is 6.92 Å². The fourth-order valence-corrected chi connectivity index (χ4v) is 2.17. The van der Waals surface area contributed by atoms with Crippen molar-refractivity contribution in [3.63, 3.8) is 0 Å². The molecular weight excluding hydrogens is 620 g/mol. The van der Waals surface area contributed by atoms with E-state index in [1.54, 1.807) is 0 Å². The first-order valence-corrected chi connectivity index (χ1v) is 7.92. The molecule has 0 aliphatic heterocycles. The molecule has 0 aromatic carbocycles.